The first-order valence-corrected chi connectivity index (χ1v) is 5.98. The molecule has 0 spiro atoms. The minimum Gasteiger partial charge on any atom is -0.479 e. The number of ether oxygens (including phenoxy) is 1. The van der Waals surface area contributed by atoms with Gasteiger partial charge in [-0.1, -0.05) is 6.07 Å². The topological polar surface area (TPSA) is 55.6 Å². The summed E-state index contributed by atoms with van der Waals surface area (Å²) in [5, 5.41) is 0. The number of benzene rings is 1. The Balaban J connectivity index is 2.41. The van der Waals surface area contributed by atoms with E-state index in [2.05, 4.69) is 0 Å². The van der Waals surface area contributed by atoms with Gasteiger partial charge in [-0.2, -0.15) is 0 Å². The molecule has 1 aliphatic rings. The molecule has 1 heterocycles. The second-order valence-electron chi connectivity index (χ2n) is 4.18. The third-order valence-electron chi connectivity index (χ3n) is 2.98. The highest BCUT2D eigenvalue weighted by molar-refractivity contribution is 5.99. The van der Waals surface area contributed by atoms with Crippen molar-refractivity contribution >= 4 is 11.6 Å². The molecule has 4 nitrogen and oxygen atoms in total. The van der Waals surface area contributed by atoms with Crippen molar-refractivity contribution in [3.05, 3.63) is 23.8 Å². The first kappa shape index (κ1) is 11.9. The lowest BCUT2D eigenvalue weighted by atomic mass is 10.1. The number of anilines is 1. The van der Waals surface area contributed by atoms with Crippen LogP contribution in [0.2, 0.25) is 0 Å². The average molecular weight is 234 g/mol. The second-order valence-corrected chi connectivity index (χ2v) is 4.18. The van der Waals surface area contributed by atoms with Gasteiger partial charge in [-0.15, -0.1) is 0 Å². The summed E-state index contributed by atoms with van der Waals surface area (Å²) in [5.41, 5.74) is 7.54. The van der Waals surface area contributed by atoms with E-state index in [9.17, 15) is 4.79 Å². The van der Waals surface area contributed by atoms with Gasteiger partial charge in [0.05, 0.1) is 5.69 Å². The molecule has 0 saturated heterocycles. The number of rotatable bonds is 3. The number of likely N-dealkylation sites (N-methyl/N-ethyl adjacent to an activating group) is 1. The van der Waals surface area contributed by atoms with Gasteiger partial charge < -0.3 is 15.4 Å². The van der Waals surface area contributed by atoms with Gasteiger partial charge >= 0.3 is 0 Å². The van der Waals surface area contributed by atoms with Crippen molar-refractivity contribution in [2.75, 3.05) is 18.0 Å². The van der Waals surface area contributed by atoms with Gasteiger partial charge in [0.1, 0.15) is 5.75 Å². The summed E-state index contributed by atoms with van der Waals surface area (Å²) in [6, 6.07) is 5.92. The summed E-state index contributed by atoms with van der Waals surface area (Å²) in [6.07, 6.45) is 0.414. The molecule has 1 aliphatic heterocycles. The Morgan fingerprint density at radius 3 is 2.88 bits per heavy atom. The van der Waals surface area contributed by atoms with E-state index < -0.39 is 6.10 Å². The molecule has 1 aromatic rings. The Morgan fingerprint density at radius 1 is 1.47 bits per heavy atom. The minimum atomic E-state index is -0.400. The molecule has 0 bridgehead atoms. The van der Waals surface area contributed by atoms with Gasteiger partial charge in [-0.05, 0) is 44.5 Å². The van der Waals surface area contributed by atoms with E-state index in [4.69, 9.17) is 10.5 Å². The molecule has 17 heavy (non-hydrogen) atoms. The van der Waals surface area contributed by atoms with Gasteiger partial charge in [0.15, 0.2) is 6.10 Å². The zero-order chi connectivity index (χ0) is 12.4. The van der Waals surface area contributed by atoms with Gasteiger partial charge in [0, 0.05) is 6.54 Å². The molecule has 0 aromatic heterocycles. The van der Waals surface area contributed by atoms with Crippen molar-refractivity contribution in [2.24, 2.45) is 5.73 Å². The Kier molecular flexibility index (Phi) is 3.33. The highest BCUT2D eigenvalue weighted by Crippen LogP contribution is 2.34. The maximum atomic E-state index is 12.0. The highest BCUT2D eigenvalue weighted by atomic mass is 16.5. The summed E-state index contributed by atoms with van der Waals surface area (Å²) in [6.45, 7) is 5.01. The molecule has 1 unspecified atom stereocenters. The van der Waals surface area contributed by atoms with Crippen LogP contribution in [-0.4, -0.2) is 25.1 Å². The summed E-state index contributed by atoms with van der Waals surface area (Å²) in [7, 11) is 0. The van der Waals surface area contributed by atoms with Gasteiger partial charge in [0.25, 0.3) is 5.91 Å². The van der Waals surface area contributed by atoms with Crippen molar-refractivity contribution in [3.8, 4) is 5.75 Å². The fourth-order valence-corrected chi connectivity index (χ4v) is 2.10. The van der Waals surface area contributed by atoms with Crippen molar-refractivity contribution < 1.29 is 9.53 Å². The summed E-state index contributed by atoms with van der Waals surface area (Å²) < 4.78 is 5.59. The normalized spacial score (nSPS) is 18.9. The number of carbonyl (C=O) groups is 1. The Morgan fingerprint density at radius 2 is 2.24 bits per heavy atom. The molecule has 0 radical (unpaired) electrons. The van der Waals surface area contributed by atoms with Crippen LogP contribution in [0.5, 0.6) is 5.75 Å². The number of fused-ring (bicyclic) bond motifs is 1. The Bertz CT molecular complexity index is 431. The number of nitrogens with zero attached hydrogens (tertiary/aromatic N) is 1. The highest BCUT2D eigenvalue weighted by Gasteiger charge is 2.30. The molecule has 4 heteroatoms. The third-order valence-corrected chi connectivity index (χ3v) is 2.98. The zero-order valence-electron chi connectivity index (χ0n) is 10.3. The van der Waals surface area contributed by atoms with E-state index in [1.165, 1.54) is 0 Å². The summed E-state index contributed by atoms with van der Waals surface area (Å²) in [4.78, 5) is 13.7. The van der Waals surface area contributed by atoms with Crippen LogP contribution in [0, 0.1) is 0 Å². The molecule has 1 amide bonds. The average Bonchev–Trinajstić information content (AvgIpc) is 2.32. The van der Waals surface area contributed by atoms with Crippen LogP contribution in [0.15, 0.2) is 18.2 Å². The van der Waals surface area contributed by atoms with Crippen LogP contribution in [0.4, 0.5) is 5.69 Å². The van der Waals surface area contributed by atoms with Crippen LogP contribution in [0.3, 0.4) is 0 Å². The van der Waals surface area contributed by atoms with Crippen LogP contribution in [0.1, 0.15) is 19.4 Å². The summed E-state index contributed by atoms with van der Waals surface area (Å²) >= 11 is 0. The van der Waals surface area contributed by atoms with E-state index >= 15 is 0 Å². The molecule has 0 aliphatic carbocycles. The van der Waals surface area contributed by atoms with E-state index in [1.807, 2.05) is 25.1 Å². The van der Waals surface area contributed by atoms with Crippen molar-refractivity contribution in [3.63, 3.8) is 0 Å². The first-order valence-electron chi connectivity index (χ1n) is 5.98. The van der Waals surface area contributed by atoms with E-state index in [1.54, 1.807) is 11.8 Å². The van der Waals surface area contributed by atoms with E-state index in [0.29, 0.717) is 13.1 Å². The molecule has 2 rings (SSSR count). The van der Waals surface area contributed by atoms with Gasteiger partial charge in [-0.25, -0.2) is 0 Å². The maximum Gasteiger partial charge on any atom is 0.267 e. The Hall–Kier alpha value is -1.55. The molecular weight excluding hydrogens is 216 g/mol. The standard InChI is InChI=1S/C13H18N2O2/c1-3-15-11-8-10(6-7-14)4-5-12(11)17-9(2)13(15)16/h4-5,8-9H,3,6-7,14H2,1-2H3. The van der Waals surface area contributed by atoms with Crippen LogP contribution in [0.25, 0.3) is 0 Å². The second kappa shape index (κ2) is 4.75. The summed E-state index contributed by atoms with van der Waals surface area (Å²) in [5.74, 6) is 0.796. The number of carbonyl (C=O) groups excluding carboxylic acids is 1. The predicted octanol–water partition coefficient (Wildman–Crippen LogP) is 1.32. The first-order chi connectivity index (χ1) is 8.17. The largest absolute Gasteiger partial charge is 0.479 e. The minimum absolute atomic E-state index is 0.0184. The number of hydrogen-bond donors (Lipinski definition) is 1. The van der Waals surface area contributed by atoms with Crippen LogP contribution < -0.4 is 15.4 Å². The molecule has 92 valence electrons. The molecular formula is C13H18N2O2. The monoisotopic (exact) mass is 234 g/mol. The maximum absolute atomic E-state index is 12.0. The van der Waals surface area contributed by atoms with Crippen molar-refractivity contribution in [1.29, 1.82) is 0 Å². The van der Waals surface area contributed by atoms with Gasteiger partial charge in [-0.3, -0.25) is 4.79 Å². The predicted molar refractivity (Wildman–Crippen MR) is 67.3 cm³/mol. The van der Waals surface area contributed by atoms with Crippen LogP contribution >= 0.6 is 0 Å². The van der Waals surface area contributed by atoms with E-state index in [0.717, 1.165) is 23.4 Å². The molecule has 1 aromatic carbocycles. The fourth-order valence-electron chi connectivity index (χ4n) is 2.10. The number of hydrogen-bond acceptors (Lipinski definition) is 3. The fraction of sp³-hybridized carbons (Fsp3) is 0.462. The lowest BCUT2D eigenvalue weighted by molar-refractivity contribution is -0.125. The molecule has 2 N–H and O–H groups in total. The van der Waals surface area contributed by atoms with Crippen molar-refractivity contribution in [2.45, 2.75) is 26.4 Å². The lowest BCUT2D eigenvalue weighted by Gasteiger charge is -2.32. The van der Waals surface area contributed by atoms with Crippen molar-refractivity contribution in [1.82, 2.24) is 0 Å². The smallest absolute Gasteiger partial charge is 0.267 e. The lowest BCUT2D eigenvalue weighted by Crippen LogP contribution is -2.44. The quantitative estimate of drug-likeness (QED) is 0.858. The molecule has 1 atom stereocenters. The molecule has 0 saturated carbocycles. The van der Waals surface area contributed by atoms with Gasteiger partial charge in [0.2, 0.25) is 0 Å². The zero-order valence-corrected chi connectivity index (χ0v) is 10.3. The number of nitrogens with two attached hydrogens (primary N) is 1. The Labute approximate surface area is 101 Å². The van der Waals surface area contributed by atoms with E-state index in [-0.39, 0.29) is 5.91 Å². The van der Waals surface area contributed by atoms with Crippen LogP contribution in [-0.2, 0) is 11.2 Å². The third kappa shape index (κ3) is 2.13. The number of amides is 1. The molecule has 0 fully saturated rings. The SMILES string of the molecule is CCN1C(=O)C(C)Oc2ccc(CCN)cc21.